The van der Waals surface area contributed by atoms with Gasteiger partial charge in [0.15, 0.2) is 0 Å². The number of hydrogen-bond acceptors (Lipinski definition) is 4. The monoisotopic (exact) mass is 297 g/mol. The van der Waals surface area contributed by atoms with Gasteiger partial charge in [-0.25, -0.2) is 0 Å². The number of anilines is 1. The van der Waals surface area contributed by atoms with Crippen molar-refractivity contribution in [1.82, 2.24) is 0 Å². The van der Waals surface area contributed by atoms with Crippen LogP contribution in [0.2, 0.25) is 0 Å². The maximum Gasteiger partial charge on any atom is 0.310 e. The number of carbonyl (C=O) groups excluding carboxylic acids is 2. The number of carbonyl (C=O) groups is 2. The van der Waals surface area contributed by atoms with Crippen molar-refractivity contribution in [3.63, 3.8) is 0 Å². The summed E-state index contributed by atoms with van der Waals surface area (Å²) < 4.78 is 4.78. The topological polar surface area (TPSA) is 75.6 Å². The van der Waals surface area contributed by atoms with Crippen LogP contribution in [0.5, 0.6) is 5.75 Å². The van der Waals surface area contributed by atoms with Crippen LogP contribution in [0.25, 0.3) is 0 Å². The summed E-state index contributed by atoms with van der Waals surface area (Å²) in [5.74, 6) is -0.651. The first kappa shape index (κ1) is 21.3. The lowest BCUT2D eigenvalue weighted by Gasteiger charge is -2.07. The van der Waals surface area contributed by atoms with Crippen molar-refractivity contribution in [2.24, 2.45) is 0 Å². The molecule has 0 aromatic heterocycles. The molecule has 0 aliphatic heterocycles. The maximum atomic E-state index is 11.2. The number of amides is 1. The number of rotatable bonds is 4. The van der Waals surface area contributed by atoms with E-state index in [1.54, 1.807) is 19.1 Å². The van der Waals surface area contributed by atoms with Crippen LogP contribution in [-0.2, 0) is 20.7 Å². The quantitative estimate of drug-likeness (QED) is 0.834. The number of phenolic OH excluding ortho intramolecular Hbond substituents is 1. The second kappa shape index (κ2) is 13.0. The van der Waals surface area contributed by atoms with Gasteiger partial charge in [0.05, 0.1) is 13.0 Å². The molecule has 5 heteroatoms. The number of benzene rings is 1. The van der Waals surface area contributed by atoms with E-state index < -0.39 is 5.97 Å². The van der Waals surface area contributed by atoms with Crippen LogP contribution < -0.4 is 5.32 Å². The fraction of sp³-hybridized carbons (Fsp3) is 0.500. The largest absolute Gasteiger partial charge is 0.508 e. The molecule has 0 unspecified atom stereocenters. The summed E-state index contributed by atoms with van der Waals surface area (Å²) in [7, 11) is 0. The van der Waals surface area contributed by atoms with Gasteiger partial charge in [-0.1, -0.05) is 33.8 Å². The molecule has 21 heavy (non-hydrogen) atoms. The fourth-order valence-corrected chi connectivity index (χ4v) is 1.36. The van der Waals surface area contributed by atoms with Gasteiger partial charge in [0.2, 0.25) is 5.91 Å². The summed E-state index contributed by atoms with van der Waals surface area (Å²) in [5.41, 5.74) is 0.958. The molecule has 0 aliphatic rings. The third-order valence-corrected chi connectivity index (χ3v) is 2.05. The van der Waals surface area contributed by atoms with Crippen LogP contribution in [0.15, 0.2) is 18.2 Å². The molecule has 1 rings (SSSR count). The average Bonchev–Trinajstić information content (AvgIpc) is 2.46. The van der Waals surface area contributed by atoms with Crippen molar-refractivity contribution < 1.29 is 19.4 Å². The second-order valence-corrected chi connectivity index (χ2v) is 3.51. The van der Waals surface area contributed by atoms with Gasteiger partial charge in [-0.2, -0.15) is 0 Å². The Balaban J connectivity index is 0. The van der Waals surface area contributed by atoms with Crippen molar-refractivity contribution in [1.29, 1.82) is 0 Å². The molecule has 5 nitrogen and oxygen atoms in total. The van der Waals surface area contributed by atoms with Crippen LogP contribution in [0, 0.1) is 0 Å². The number of esters is 1. The molecule has 120 valence electrons. The first-order valence-corrected chi connectivity index (χ1v) is 7.28. The highest BCUT2D eigenvalue weighted by Gasteiger charge is 2.09. The molecule has 0 saturated heterocycles. The SMILES string of the molecule is CC.CC.CCOC(=O)Cc1ccc(NC(C)=O)cc1O. The molecule has 0 atom stereocenters. The first-order valence-electron chi connectivity index (χ1n) is 7.28. The molecule has 0 fully saturated rings. The highest BCUT2D eigenvalue weighted by molar-refractivity contribution is 5.89. The summed E-state index contributed by atoms with van der Waals surface area (Å²) in [5, 5.41) is 12.2. The number of hydrogen-bond donors (Lipinski definition) is 2. The van der Waals surface area contributed by atoms with Gasteiger partial charge in [0.1, 0.15) is 5.75 Å². The van der Waals surface area contributed by atoms with Crippen molar-refractivity contribution in [2.45, 2.75) is 48.0 Å². The molecule has 1 aromatic carbocycles. The highest BCUT2D eigenvalue weighted by Crippen LogP contribution is 2.22. The normalized spacial score (nSPS) is 8.48. The summed E-state index contributed by atoms with van der Waals surface area (Å²) >= 11 is 0. The van der Waals surface area contributed by atoms with E-state index in [1.807, 2.05) is 27.7 Å². The Morgan fingerprint density at radius 3 is 2.19 bits per heavy atom. The minimum Gasteiger partial charge on any atom is -0.508 e. The van der Waals surface area contributed by atoms with Crippen molar-refractivity contribution in [3.05, 3.63) is 23.8 Å². The summed E-state index contributed by atoms with van der Waals surface area (Å²) in [6, 6.07) is 4.60. The van der Waals surface area contributed by atoms with Crippen LogP contribution in [0.3, 0.4) is 0 Å². The first-order chi connectivity index (χ1) is 10.0. The molecule has 0 saturated carbocycles. The van der Waals surface area contributed by atoms with Crippen LogP contribution in [-0.4, -0.2) is 23.6 Å². The number of nitrogens with one attached hydrogen (secondary N) is 1. The number of ether oxygens (including phenoxy) is 1. The molecule has 1 amide bonds. The van der Waals surface area contributed by atoms with Crippen molar-refractivity contribution in [2.75, 3.05) is 11.9 Å². The standard InChI is InChI=1S/C12H15NO4.2C2H6/c1-3-17-12(16)6-9-4-5-10(7-11(9)15)13-8(2)14;2*1-2/h4-5,7,15H,3,6H2,1-2H3,(H,13,14);2*1-2H3. The molecular formula is C16H27NO4. The lowest BCUT2D eigenvalue weighted by atomic mass is 10.1. The zero-order valence-corrected chi connectivity index (χ0v) is 13.8. The molecule has 0 radical (unpaired) electrons. The molecule has 0 heterocycles. The smallest absolute Gasteiger partial charge is 0.310 e. The Morgan fingerprint density at radius 2 is 1.76 bits per heavy atom. The summed E-state index contributed by atoms with van der Waals surface area (Å²) in [4.78, 5) is 22.0. The molecule has 0 aliphatic carbocycles. The van der Waals surface area contributed by atoms with E-state index >= 15 is 0 Å². The van der Waals surface area contributed by atoms with Crippen molar-refractivity contribution >= 4 is 17.6 Å². The Kier molecular flexibility index (Phi) is 13.1. The minimum atomic E-state index is -0.393. The van der Waals surface area contributed by atoms with E-state index in [-0.39, 0.29) is 18.1 Å². The lowest BCUT2D eigenvalue weighted by Crippen LogP contribution is -2.08. The average molecular weight is 297 g/mol. The third-order valence-electron chi connectivity index (χ3n) is 2.05. The van der Waals surface area contributed by atoms with Gasteiger partial charge in [0, 0.05) is 24.2 Å². The molecule has 1 aromatic rings. The van der Waals surface area contributed by atoms with E-state index in [2.05, 4.69) is 5.32 Å². The predicted molar refractivity (Wildman–Crippen MR) is 85.4 cm³/mol. The van der Waals surface area contributed by atoms with Crippen LogP contribution in [0.1, 0.15) is 47.1 Å². The van der Waals surface area contributed by atoms with Gasteiger partial charge < -0.3 is 15.2 Å². The highest BCUT2D eigenvalue weighted by atomic mass is 16.5. The Morgan fingerprint density at radius 1 is 1.19 bits per heavy atom. The number of phenols is 1. The van der Waals surface area contributed by atoms with Gasteiger partial charge >= 0.3 is 5.97 Å². The molecule has 0 bridgehead atoms. The van der Waals surface area contributed by atoms with Gasteiger partial charge in [-0.15, -0.1) is 0 Å². The molecule has 2 N–H and O–H groups in total. The van der Waals surface area contributed by atoms with Crippen molar-refractivity contribution in [3.8, 4) is 5.75 Å². The predicted octanol–water partition coefficient (Wildman–Crippen LogP) is 3.51. The Bertz CT molecular complexity index is 430. The van der Waals surface area contributed by atoms with E-state index in [0.29, 0.717) is 17.9 Å². The van der Waals surface area contributed by atoms with Crippen LogP contribution >= 0.6 is 0 Å². The summed E-state index contributed by atoms with van der Waals surface area (Å²) in [6.45, 7) is 11.4. The number of aromatic hydroxyl groups is 1. The lowest BCUT2D eigenvalue weighted by molar-refractivity contribution is -0.142. The summed E-state index contributed by atoms with van der Waals surface area (Å²) in [6.07, 6.45) is 0.0139. The zero-order chi connectivity index (χ0) is 16.8. The molecule has 0 spiro atoms. The van der Waals surface area contributed by atoms with E-state index in [1.165, 1.54) is 13.0 Å². The minimum absolute atomic E-state index is 0.0139. The second-order valence-electron chi connectivity index (χ2n) is 3.51. The fourth-order valence-electron chi connectivity index (χ4n) is 1.36. The Hall–Kier alpha value is -2.04. The van der Waals surface area contributed by atoms with Gasteiger partial charge in [-0.3, -0.25) is 9.59 Å². The zero-order valence-electron chi connectivity index (χ0n) is 13.8. The third kappa shape index (κ3) is 9.49. The van der Waals surface area contributed by atoms with Gasteiger partial charge in [0.25, 0.3) is 0 Å². The maximum absolute atomic E-state index is 11.2. The Labute approximate surface area is 127 Å². The molecular weight excluding hydrogens is 270 g/mol. The van der Waals surface area contributed by atoms with E-state index in [0.717, 1.165) is 0 Å². The van der Waals surface area contributed by atoms with Crippen LogP contribution in [0.4, 0.5) is 5.69 Å². The van der Waals surface area contributed by atoms with Gasteiger partial charge in [-0.05, 0) is 13.0 Å². The van der Waals surface area contributed by atoms with E-state index in [4.69, 9.17) is 4.74 Å². The van der Waals surface area contributed by atoms with E-state index in [9.17, 15) is 14.7 Å².